The van der Waals surface area contributed by atoms with Crippen LogP contribution in [-0.4, -0.2) is 32.9 Å². The molecule has 1 saturated heterocycles. The number of hydrogen-bond acceptors (Lipinski definition) is 3. The number of aromatic nitrogens is 4. The van der Waals surface area contributed by atoms with Gasteiger partial charge in [-0.1, -0.05) is 19.1 Å². The Morgan fingerprint density at radius 3 is 2.68 bits per heavy atom. The second-order valence-electron chi connectivity index (χ2n) is 6.55. The number of nitrogens with one attached hydrogen (secondary N) is 1. The Balaban J connectivity index is 1.83. The number of quaternary nitrogens is 1. The number of hydrogen-bond donors (Lipinski definition) is 1. The van der Waals surface area contributed by atoms with E-state index < -0.39 is 0 Å². The summed E-state index contributed by atoms with van der Waals surface area (Å²) >= 11 is 5.59. The van der Waals surface area contributed by atoms with Gasteiger partial charge in [0.2, 0.25) is 4.77 Å². The molecule has 0 amide bonds. The Hall–Kier alpha value is -1.53. The summed E-state index contributed by atoms with van der Waals surface area (Å²) in [5.74, 6) is 0.849. The number of aryl methyl sites for hydroxylation is 2. The first-order chi connectivity index (χ1) is 10.5. The molecule has 1 aromatic carbocycles. The first-order valence-corrected chi connectivity index (χ1v) is 8.39. The zero-order valence-electron chi connectivity index (χ0n) is 13.5. The number of nitrogens with zero attached hydrogens (tertiary/aromatic N) is 4. The summed E-state index contributed by atoms with van der Waals surface area (Å²) in [5, 5.41) is 8.56. The maximum Gasteiger partial charge on any atom is 0.225 e. The average molecular weight is 318 g/mol. The summed E-state index contributed by atoms with van der Waals surface area (Å²) in [4.78, 5) is 1.54. The molecule has 0 spiro atoms. The highest BCUT2D eigenvalue weighted by molar-refractivity contribution is 7.71. The molecule has 1 N–H and O–H groups in total. The van der Waals surface area contributed by atoms with E-state index in [-0.39, 0.29) is 0 Å². The molecule has 1 aliphatic heterocycles. The molecule has 0 bridgehead atoms. The Bertz CT molecular complexity index is 710. The molecule has 118 valence electrons. The van der Waals surface area contributed by atoms with Crippen molar-refractivity contribution in [3.8, 4) is 5.69 Å². The summed E-state index contributed by atoms with van der Waals surface area (Å²) < 4.78 is 4.33. The quantitative estimate of drug-likeness (QED) is 0.876. The molecule has 1 fully saturated rings. The third kappa shape index (κ3) is 3.13. The SMILES string of the molecule is Cc1ccc(C)c(-n2nnn(C[NH+]3CCC(C)CC3)c2=S)c1. The van der Waals surface area contributed by atoms with Crippen LogP contribution in [-0.2, 0) is 6.67 Å². The predicted octanol–water partition coefficient (Wildman–Crippen LogP) is 1.69. The third-order valence-electron chi connectivity index (χ3n) is 4.59. The number of tetrazole rings is 1. The molecule has 0 radical (unpaired) electrons. The number of likely N-dealkylation sites (tertiary alicyclic amines) is 1. The van der Waals surface area contributed by atoms with Crippen molar-refractivity contribution in [2.45, 2.75) is 40.3 Å². The van der Waals surface area contributed by atoms with Crippen molar-refractivity contribution >= 4 is 12.2 Å². The Labute approximate surface area is 136 Å². The number of benzene rings is 1. The van der Waals surface area contributed by atoms with Crippen molar-refractivity contribution in [3.63, 3.8) is 0 Å². The zero-order chi connectivity index (χ0) is 15.7. The van der Waals surface area contributed by atoms with Crippen LogP contribution in [0.4, 0.5) is 0 Å². The van der Waals surface area contributed by atoms with E-state index in [4.69, 9.17) is 12.2 Å². The lowest BCUT2D eigenvalue weighted by Crippen LogP contribution is -3.12. The molecule has 0 saturated carbocycles. The van der Waals surface area contributed by atoms with E-state index in [9.17, 15) is 0 Å². The van der Waals surface area contributed by atoms with Gasteiger partial charge in [0.1, 0.15) is 0 Å². The van der Waals surface area contributed by atoms with Crippen LogP contribution in [0.2, 0.25) is 0 Å². The predicted molar refractivity (Wildman–Crippen MR) is 88.8 cm³/mol. The van der Waals surface area contributed by atoms with Gasteiger partial charge in [0, 0.05) is 0 Å². The maximum absolute atomic E-state index is 5.59. The van der Waals surface area contributed by atoms with Crippen molar-refractivity contribution in [1.29, 1.82) is 0 Å². The fraction of sp³-hybridized carbons (Fsp3) is 0.562. The fourth-order valence-corrected chi connectivity index (χ4v) is 3.25. The van der Waals surface area contributed by atoms with Crippen LogP contribution in [0.5, 0.6) is 0 Å². The molecule has 1 aliphatic rings. The van der Waals surface area contributed by atoms with Gasteiger partial charge in [-0.25, -0.2) is 0 Å². The summed E-state index contributed by atoms with van der Waals surface area (Å²) in [6.07, 6.45) is 2.57. The lowest BCUT2D eigenvalue weighted by molar-refractivity contribution is -0.929. The first-order valence-electron chi connectivity index (χ1n) is 7.98. The van der Waals surface area contributed by atoms with Crippen LogP contribution in [0.15, 0.2) is 18.2 Å². The molecule has 3 rings (SSSR count). The lowest BCUT2D eigenvalue weighted by Gasteiger charge is -2.26. The van der Waals surface area contributed by atoms with Crippen LogP contribution < -0.4 is 4.90 Å². The first kappa shape index (κ1) is 15.4. The highest BCUT2D eigenvalue weighted by Gasteiger charge is 2.20. The highest BCUT2D eigenvalue weighted by Crippen LogP contribution is 2.15. The van der Waals surface area contributed by atoms with E-state index in [0.29, 0.717) is 4.77 Å². The third-order valence-corrected chi connectivity index (χ3v) is 4.97. The van der Waals surface area contributed by atoms with E-state index in [1.165, 1.54) is 31.5 Å². The summed E-state index contributed by atoms with van der Waals surface area (Å²) in [7, 11) is 0. The Morgan fingerprint density at radius 2 is 1.95 bits per heavy atom. The van der Waals surface area contributed by atoms with Crippen molar-refractivity contribution < 1.29 is 4.90 Å². The Kier molecular flexibility index (Phi) is 4.40. The molecule has 2 heterocycles. The zero-order valence-corrected chi connectivity index (χ0v) is 14.4. The molecule has 0 aliphatic carbocycles. The van der Waals surface area contributed by atoms with E-state index in [1.54, 1.807) is 9.58 Å². The second kappa shape index (κ2) is 6.30. The van der Waals surface area contributed by atoms with Crippen LogP contribution in [0.25, 0.3) is 5.69 Å². The van der Waals surface area contributed by atoms with Gasteiger partial charge in [-0.15, -0.1) is 0 Å². The summed E-state index contributed by atoms with van der Waals surface area (Å²) in [5.41, 5.74) is 3.39. The minimum Gasteiger partial charge on any atom is -0.316 e. The van der Waals surface area contributed by atoms with Gasteiger partial charge >= 0.3 is 0 Å². The van der Waals surface area contributed by atoms with E-state index in [0.717, 1.165) is 23.8 Å². The van der Waals surface area contributed by atoms with Crippen molar-refractivity contribution in [2.24, 2.45) is 5.92 Å². The maximum atomic E-state index is 5.59. The second-order valence-corrected chi connectivity index (χ2v) is 6.92. The molecular formula is C16H24N5S+. The van der Waals surface area contributed by atoms with Gasteiger partial charge < -0.3 is 4.90 Å². The highest BCUT2D eigenvalue weighted by atomic mass is 32.1. The molecule has 5 nitrogen and oxygen atoms in total. The minimum absolute atomic E-state index is 0.680. The van der Waals surface area contributed by atoms with E-state index in [1.807, 2.05) is 4.68 Å². The normalized spacial score (nSPS) is 22.0. The fourth-order valence-electron chi connectivity index (χ4n) is 3.01. The largest absolute Gasteiger partial charge is 0.316 e. The molecule has 0 unspecified atom stereocenters. The minimum atomic E-state index is 0.680. The smallest absolute Gasteiger partial charge is 0.225 e. The summed E-state index contributed by atoms with van der Waals surface area (Å²) in [6.45, 7) is 9.69. The van der Waals surface area contributed by atoms with E-state index in [2.05, 4.69) is 49.4 Å². The van der Waals surface area contributed by atoms with Crippen LogP contribution in [0.3, 0.4) is 0 Å². The Morgan fingerprint density at radius 1 is 1.23 bits per heavy atom. The van der Waals surface area contributed by atoms with Gasteiger partial charge in [0.15, 0.2) is 6.67 Å². The van der Waals surface area contributed by atoms with Crippen LogP contribution >= 0.6 is 12.2 Å². The van der Waals surface area contributed by atoms with Gasteiger partial charge in [0.25, 0.3) is 0 Å². The lowest BCUT2D eigenvalue weighted by atomic mass is 10.00. The van der Waals surface area contributed by atoms with Gasteiger partial charge in [-0.3, -0.25) is 0 Å². The van der Waals surface area contributed by atoms with E-state index >= 15 is 0 Å². The van der Waals surface area contributed by atoms with Crippen molar-refractivity contribution in [3.05, 3.63) is 34.1 Å². The molecule has 6 heteroatoms. The molecule has 22 heavy (non-hydrogen) atoms. The van der Waals surface area contributed by atoms with Crippen LogP contribution in [0.1, 0.15) is 30.9 Å². The molecule has 2 aromatic rings. The van der Waals surface area contributed by atoms with Crippen molar-refractivity contribution in [2.75, 3.05) is 13.1 Å². The van der Waals surface area contributed by atoms with Crippen molar-refractivity contribution in [1.82, 2.24) is 19.8 Å². The molecular weight excluding hydrogens is 294 g/mol. The van der Waals surface area contributed by atoms with Gasteiger partial charge in [-0.2, -0.15) is 9.36 Å². The monoisotopic (exact) mass is 318 g/mol. The number of rotatable bonds is 3. The average Bonchev–Trinajstić information content (AvgIpc) is 2.85. The standard InChI is InChI=1S/C16H23N5S/c1-12-6-8-19(9-7-12)11-20-16(22)21(18-17-20)15-10-13(2)4-5-14(15)3/h4-5,10,12H,6-9,11H2,1-3H3/p+1. The van der Waals surface area contributed by atoms with Crippen LogP contribution in [0, 0.1) is 24.5 Å². The summed E-state index contributed by atoms with van der Waals surface area (Å²) in [6, 6.07) is 6.31. The molecule has 1 aromatic heterocycles. The molecule has 0 atom stereocenters. The topological polar surface area (TPSA) is 40.1 Å². The van der Waals surface area contributed by atoms with Gasteiger partial charge in [0.05, 0.1) is 18.8 Å². The van der Waals surface area contributed by atoms with Gasteiger partial charge in [-0.05, 0) is 72.4 Å². The number of piperidine rings is 1.